The average Bonchev–Trinajstić information content (AvgIpc) is 3.15. The van der Waals surface area contributed by atoms with E-state index >= 15 is 0 Å². The molecular weight excluding hydrogens is 318 g/mol. The minimum absolute atomic E-state index is 0.382. The Hall–Kier alpha value is -1.71. The summed E-state index contributed by atoms with van der Waals surface area (Å²) in [5, 5.41) is 3.68. The van der Waals surface area contributed by atoms with Gasteiger partial charge in [-0.1, -0.05) is 30.3 Å². The molecule has 2 fully saturated rings. The molecule has 1 aliphatic carbocycles. The van der Waals surface area contributed by atoms with Crippen LogP contribution in [0.4, 0.5) is 0 Å². The summed E-state index contributed by atoms with van der Waals surface area (Å²) in [6.45, 7) is 7.02. The number of hydrogen-bond donors (Lipinski definition) is 1. The second-order valence-corrected chi connectivity index (χ2v) is 8.18. The largest absolute Gasteiger partial charge is 0.310 e. The van der Waals surface area contributed by atoms with Crippen molar-refractivity contribution in [1.82, 2.24) is 15.2 Å². The Morgan fingerprint density at radius 2 is 1.88 bits per heavy atom. The lowest BCUT2D eigenvalue weighted by Gasteiger charge is -2.36. The summed E-state index contributed by atoms with van der Waals surface area (Å²) in [5.74, 6) is 1.57. The molecule has 0 bridgehead atoms. The lowest BCUT2D eigenvalue weighted by atomic mass is 9.71. The van der Waals surface area contributed by atoms with Crippen molar-refractivity contribution < 1.29 is 0 Å². The van der Waals surface area contributed by atoms with Crippen molar-refractivity contribution in [1.29, 1.82) is 0 Å². The van der Waals surface area contributed by atoms with Crippen LogP contribution in [0.2, 0.25) is 0 Å². The molecule has 1 aromatic heterocycles. The Labute approximate surface area is 157 Å². The van der Waals surface area contributed by atoms with E-state index in [4.69, 9.17) is 0 Å². The number of likely N-dealkylation sites (tertiary alicyclic amines) is 1. The molecule has 2 aliphatic rings. The number of pyridine rings is 1. The molecule has 3 heteroatoms. The van der Waals surface area contributed by atoms with Crippen molar-refractivity contribution in [2.75, 3.05) is 19.6 Å². The van der Waals surface area contributed by atoms with E-state index in [0.29, 0.717) is 6.04 Å². The van der Waals surface area contributed by atoms with Crippen LogP contribution in [0.25, 0.3) is 0 Å². The highest BCUT2D eigenvalue weighted by atomic mass is 15.1. The first-order chi connectivity index (χ1) is 12.8. The van der Waals surface area contributed by atoms with E-state index < -0.39 is 0 Å². The molecule has 1 atom stereocenters. The highest BCUT2D eigenvalue weighted by molar-refractivity contribution is 5.27. The molecule has 3 nitrogen and oxygen atoms in total. The Kier molecular flexibility index (Phi) is 5.66. The molecule has 1 saturated carbocycles. The van der Waals surface area contributed by atoms with Gasteiger partial charge in [0.2, 0.25) is 0 Å². The van der Waals surface area contributed by atoms with E-state index in [0.717, 1.165) is 24.9 Å². The maximum Gasteiger partial charge on any atom is 0.0315 e. The molecule has 1 saturated heterocycles. The van der Waals surface area contributed by atoms with Gasteiger partial charge in [-0.05, 0) is 86.8 Å². The third kappa shape index (κ3) is 4.33. The Balaban J connectivity index is 1.20. The van der Waals surface area contributed by atoms with Crippen molar-refractivity contribution in [3.63, 3.8) is 0 Å². The van der Waals surface area contributed by atoms with Crippen molar-refractivity contribution in [2.24, 2.45) is 5.92 Å². The first kappa shape index (κ1) is 17.7. The zero-order valence-electron chi connectivity index (χ0n) is 15.9. The third-order valence-corrected chi connectivity index (χ3v) is 6.19. The van der Waals surface area contributed by atoms with Gasteiger partial charge in [-0.3, -0.25) is 9.88 Å². The summed E-state index contributed by atoms with van der Waals surface area (Å²) < 4.78 is 0. The summed E-state index contributed by atoms with van der Waals surface area (Å²) in [6.07, 6.45) is 9.18. The lowest BCUT2D eigenvalue weighted by molar-refractivity contribution is 0.248. The van der Waals surface area contributed by atoms with Gasteiger partial charge in [0.05, 0.1) is 0 Å². The van der Waals surface area contributed by atoms with E-state index in [9.17, 15) is 0 Å². The van der Waals surface area contributed by atoms with Gasteiger partial charge >= 0.3 is 0 Å². The fourth-order valence-corrected chi connectivity index (χ4v) is 4.36. The molecule has 138 valence electrons. The fraction of sp³-hybridized carbons (Fsp3) is 0.522. The SMILES string of the molecule is CC(NCC1CC(c2ccc(CN3CCCC3)cc2)C1)c1cccnc1. The lowest BCUT2D eigenvalue weighted by Crippen LogP contribution is -2.33. The molecule has 0 spiro atoms. The van der Waals surface area contributed by atoms with Crippen LogP contribution in [0.15, 0.2) is 48.8 Å². The summed E-state index contributed by atoms with van der Waals surface area (Å²) in [4.78, 5) is 6.79. The molecular formula is C23H31N3. The Morgan fingerprint density at radius 1 is 1.12 bits per heavy atom. The van der Waals surface area contributed by atoms with Crippen LogP contribution in [-0.4, -0.2) is 29.5 Å². The molecule has 0 radical (unpaired) electrons. The van der Waals surface area contributed by atoms with Gasteiger partial charge in [0, 0.05) is 25.0 Å². The predicted octanol–water partition coefficient (Wildman–Crippen LogP) is 4.52. The second-order valence-electron chi connectivity index (χ2n) is 8.18. The quantitative estimate of drug-likeness (QED) is 0.796. The number of hydrogen-bond acceptors (Lipinski definition) is 3. The maximum atomic E-state index is 4.21. The second kappa shape index (κ2) is 8.32. The van der Waals surface area contributed by atoms with Gasteiger partial charge in [0.25, 0.3) is 0 Å². The Bertz CT molecular complexity index is 670. The smallest absolute Gasteiger partial charge is 0.0315 e. The van der Waals surface area contributed by atoms with Crippen LogP contribution >= 0.6 is 0 Å². The summed E-state index contributed by atoms with van der Waals surface area (Å²) in [6, 6.07) is 14.0. The molecule has 1 N–H and O–H groups in total. The van der Waals surface area contributed by atoms with Gasteiger partial charge in [0.1, 0.15) is 0 Å². The minimum atomic E-state index is 0.382. The number of rotatable bonds is 7. The molecule has 26 heavy (non-hydrogen) atoms. The maximum absolute atomic E-state index is 4.21. The normalized spacial score (nSPS) is 24.3. The third-order valence-electron chi connectivity index (χ3n) is 6.19. The monoisotopic (exact) mass is 349 g/mol. The zero-order chi connectivity index (χ0) is 17.8. The molecule has 1 unspecified atom stereocenters. The molecule has 2 heterocycles. The number of benzene rings is 1. The molecule has 2 aromatic rings. The number of aromatic nitrogens is 1. The first-order valence-electron chi connectivity index (χ1n) is 10.2. The number of nitrogens with zero attached hydrogens (tertiary/aromatic N) is 2. The molecule has 0 amide bonds. The minimum Gasteiger partial charge on any atom is -0.310 e. The fourth-order valence-electron chi connectivity index (χ4n) is 4.36. The van der Waals surface area contributed by atoms with Gasteiger partial charge in [0.15, 0.2) is 0 Å². The van der Waals surface area contributed by atoms with Crippen LogP contribution in [0.1, 0.15) is 61.3 Å². The van der Waals surface area contributed by atoms with Crippen LogP contribution in [0.5, 0.6) is 0 Å². The van der Waals surface area contributed by atoms with E-state index in [-0.39, 0.29) is 0 Å². The van der Waals surface area contributed by atoms with Crippen LogP contribution in [-0.2, 0) is 6.54 Å². The van der Waals surface area contributed by atoms with Crippen LogP contribution in [0.3, 0.4) is 0 Å². The zero-order valence-corrected chi connectivity index (χ0v) is 15.9. The topological polar surface area (TPSA) is 28.2 Å². The summed E-state index contributed by atoms with van der Waals surface area (Å²) >= 11 is 0. The van der Waals surface area contributed by atoms with E-state index in [1.165, 1.54) is 55.5 Å². The van der Waals surface area contributed by atoms with E-state index in [2.05, 4.69) is 52.5 Å². The van der Waals surface area contributed by atoms with E-state index in [1.807, 2.05) is 18.5 Å². The molecule has 4 rings (SSSR count). The van der Waals surface area contributed by atoms with Crippen molar-refractivity contribution in [3.8, 4) is 0 Å². The van der Waals surface area contributed by atoms with Gasteiger partial charge < -0.3 is 5.32 Å². The van der Waals surface area contributed by atoms with E-state index in [1.54, 1.807) is 0 Å². The van der Waals surface area contributed by atoms with Gasteiger partial charge in [-0.2, -0.15) is 0 Å². The van der Waals surface area contributed by atoms with Crippen molar-refractivity contribution in [2.45, 2.75) is 51.1 Å². The van der Waals surface area contributed by atoms with Crippen molar-refractivity contribution in [3.05, 3.63) is 65.5 Å². The van der Waals surface area contributed by atoms with Crippen molar-refractivity contribution >= 4 is 0 Å². The summed E-state index contributed by atoms with van der Waals surface area (Å²) in [7, 11) is 0. The number of nitrogens with one attached hydrogen (secondary N) is 1. The highest BCUT2D eigenvalue weighted by Crippen LogP contribution is 2.41. The van der Waals surface area contributed by atoms with Crippen LogP contribution < -0.4 is 5.32 Å². The summed E-state index contributed by atoms with van der Waals surface area (Å²) in [5.41, 5.74) is 4.28. The van der Waals surface area contributed by atoms with Gasteiger partial charge in [-0.15, -0.1) is 0 Å². The molecule has 1 aliphatic heterocycles. The first-order valence-corrected chi connectivity index (χ1v) is 10.2. The Morgan fingerprint density at radius 3 is 2.58 bits per heavy atom. The van der Waals surface area contributed by atoms with Gasteiger partial charge in [-0.25, -0.2) is 0 Å². The van der Waals surface area contributed by atoms with Crippen LogP contribution in [0, 0.1) is 5.92 Å². The standard InChI is InChI=1S/C23H31N3/c1-18(22-5-4-10-24-16-22)25-15-20-13-23(14-20)21-8-6-19(7-9-21)17-26-11-2-3-12-26/h4-10,16,18,20,23,25H,2-3,11-15,17H2,1H3. The molecule has 1 aromatic carbocycles. The highest BCUT2D eigenvalue weighted by Gasteiger charge is 2.30. The average molecular weight is 350 g/mol. The predicted molar refractivity (Wildman–Crippen MR) is 107 cm³/mol.